The van der Waals surface area contributed by atoms with Gasteiger partial charge in [0.25, 0.3) is 0 Å². The Bertz CT molecular complexity index is 165. The van der Waals surface area contributed by atoms with Gasteiger partial charge in [-0.05, 0) is 39.7 Å². The molecule has 0 aromatic heterocycles. The predicted molar refractivity (Wildman–Crippen MR) is 62.2 cm³/mol. The third-order valence-electron chi connectivity index (χ3n) is 2.66. The van der Waals surface area contributed by atoms with Crippen LogP contribution in [0.4, 0.5) is 0 Å². The fraction of sp³-hybridized carbons (Fsp3) is 1.00. The first kappa shape index (κ1) is 12.9. The van der Waals surface area contributed by atoms with Crippen molar-refractivity contribution in [2.75, 3.05) is 26.3 Å². The second-order valence-corrected chi connectivity index (χ2v) is 4.88. The summed E-state index contributed by atoms with van der Waals surface area (Å²) in [5.41, 5.74) is -0.0822. The zero-order valence-electron chi connectivity index (χ0n) is 10.3. The quantitative estimate of drug-likeness (QED) is 0.659. The maximum absolute atomic E-state index is 5.87. The predicted octanol–water partition coefficient (Wildman–Crippen LogP) is 1.96. The van der Waals surface area contributed by atoms with Crippen LogP contribution in [0.25, 0.3) is 0 Å². The first-order chi connectivity index (χ1) is 7.14. The molecule has 15 heavy (non-hydrogen) atoms. The number of hydrogen-bond acceptors (Lipinski definition) is 3. The lowest BCUT2D eigenvalue weighted by atomic mass is 10.1. The molecule has 1 atom stereocenters. The summed E-state index contributed by atoms with van der Waals surface area (Å²) in [5.74, 6) is 0. The van der Waals surface area contributed by atoms with E-state index in [0.29, 0.717) is 6.10 Å². The molecule has 90 valence electrons. The van der Waals surface area contributed by atoms with Crippen LogP contribution in [-0.4, -0.2) is 38.0 Å². The largest absolute Gasteiger partial charge is 0.376 e. The van der Waals surface area contributed by atoms with Crippen LogP contribution in [0.3, 0.4) is 0 Å². The minimum atomic E-state index is -0.0822. The van der Waals surface area contributed by atoms with Gasteiger partial charge in [0.05, 0.1) is 18.3 Å². The highest BCUT2D eigenvalue weighted by Gasteiger charge is 2.22. The maximum atomic E-state index is 5.87. The first-order valence-electron chi connectivity index (χ1n) is 6.10. The summed E-state index contributed by atoms with van der Waals surface area (Å²) in [5, 5.41) is 3.38. The zero-order chi connectivity index (χ0) is 11.1. The summed E-state index contributed by atoms with van der Waals surface area (Å²) >= 11 is 0. The van der Waals surface area contributed by atoms with Gasteiger partial charge in [0.2, 0.25) is 0 Å². The summed E-state index contributed by atoms with van der Waals surface area (Å²) in [6.45, 7) is 10.0. The average Bonchev–Trinajstić information content (AvgIpc) is 2.68. The molecular weight excluding hydrogens is 190 g/mol. The number of nitrogens with one attached hydrogen (secondary N) is 1. The summed E-state index contributed by atoms with van der Waals surface area (Å²) in [6, 6.07) is 0. The van der Waals surface area contributed by atoms with Crippen LogP contribution < -0.4 is 5.32 Å². The molecule has 1 aliphatic heterocycles. The third kappa shape index (κ3) is 5.50. The van der Waals surface area contributed by atoms with E-state index >= 15 is 0 Å². The van der Waals surface area contributed by atoms with E-state index in [0.717, 1.165) is 32.7 Å². The lowest BCUT2D eigenvalue weighted by molar-refractivity contribution is -0.0634. The maximum Gasteiger partial charge on any atom is 0.0809 e. The molecule has 3 nitrogen and oxygen atoms in total. The van der Waals surface area contributed by atoms with Crippen molar-refractivity contribution in [3.63, 3.8) is 0 Å². The highest BCUT2D eigenvalue weighted by molar-refractivity contribution is 4.74. The molecule has 1 aliphatic rings. The molecule has 1 N–H and O–H groups in total. The molecule has 0 aliphatic carbocycles. The van der Waals surface area contributed by atoms with E-state index in [1.807, 2.05) is 0 Å². The molecule has 1 heterocycles. The summed E-state index contributed by atoms with van der Waals surface area (Å²) < 4.78 is 11.4. The molecular formula is C12H25NO2. The van der Waals surface area contributed by atoms with E-state index in [1.54, 1.807) is 0 Å². The fourth-order valence-corrected chi connectivity index (χ4v) is 1.71. The Balaban J connectivity index is 2.10. The molecule has 1 fully saturated rings. The fourth-order valence-electron chi connectivity index (χ4n) is 1.71. The molecule has 1 rings (SSSR count). The van der Waals surface area contributed by atoms with Crippen LogP contribution in [0, 0.1) is 0 Å². The number of hydrogen-bond donors (Lipinski definition) is 1. The summed E-state index contributed by atoms with van der Waals surface area (Å²) in [4.78, 5) is 0. The second-order valence-electron chi connectivity index (χ2n) is 4.88. The highest BCUT2D eigenvalue weighted by atomic mass is 16.5. The Morgan fingerprint density at radius 1 is 1.47 bits per heavy atom. The van der Waals surface area contributed by atoms with Crippen LogP contribution in [0.5, 0.6) is 0 Å². The Labute approximate surface area is 93.5 Å². The topological polar surface area (TPSA) is 30.5 Å². The third-order valence-corrected chi connectivity index (χ3v) is 2.66. The normalized spacial score (nSPS) is 22.2. The molecule has 1 saturated heterocycles. The lowest BCUT2D eigenvalue weighted by Gasteiger charge is -2.27. The van der Waals surface area contributed by atoms with E-state index in [9.17, 15) is 0 Å². The van der Waals surface area contributed by atoms with Gasteiger partial charge in [-0.1, -0.05) is 6.92 Å². The Morgan fingerprint density at radius 2 is 2.27 bits per heavy atom. The van der Waals surface area contributed by atoms with Gasteiger partial charge in [-0.2, -0.15) is 0 Å². The monoisotopic (exact) mass is 215 g/mol. The van der Waals surface area contributed by atoms with Gasteiger partial charge in [0, 0.05) is 13.2 Å². The minimum Gasteiger partial charge on any atom is -0.376 e. The molecule has 0 amide bonds. The Morgan fingerprint density at radius 3 is 2.87 bits per heavy atom. The SMILES string of the molecule is CCCNCC(C)(C)OCC1CCCO1. The van der Waals surface area contributed by atoms with Crippen molar-refractivity contribution in [1.82, 2.24) is 5.32 Å². The van der Waals surface area contributed by atoms with Crippen molar-refractivity contribution in [3.05, 3.63) is 0 Å². The van der Waals surface area contributed by atoms with Crippen LogP contribution in [0.1, 0.15) is 40.0 Å². The van der Waals surface area contributed by atoms with Gasteiger partial charge in [0.15, 0.2) is 0 Å². The van der Waals surface area contributed by atoms with Crippen molar-refractivity contribution in [2.45, 2.75) is 51.7 Å². The highest BCUT2D eigenvalue weighted by Crippen LogP contribution is 2.15. The molecule has 0 saturated carbocycles. The molecule has 0 radical (unpaired) electrons. The van der Waals surface area contributed by atoms with Crippen LogP contribution in [0.15, 0.2) is 0 Å². The van der Waals surface area contributed by atoms with Crippen molar-refractivity contribution < 1.29 is 9.47 Å². The number of rotatable bonds is 7. The van der Waals surface area contributed by atoms with E-state index in [1.165, 1.54) is 12.8 Å². The number of ether oxygens (including phenoxy) is 2. The molecule has 0 spiro atoms. The van der Waals surface area contributed by atoms with Crippen molar-refractivity contribution in [2.24, 2.45) is 0 Å². The summed E-state index contributed by atoms with van der Waals surface area (Å²) in [6.07, 6.45) is 3.83. The van der Waals surface area contributed by atoms with Gasteiger partial charge in [-0.25, -0.2) is 0 Å². The van der Waals surface area contributed by atoms with Gasteiger partial charge in [0.1, 0.15) is 0 Å². The minimum absolute atomic E-state index is 0.0822. The van der Waals surface area contributed by atoms with Gasteiger partial charge < -0.3 is 14.8 Å². The van der Waals surface area contributed by atoms with E-state index in [-0.39, 0.29) is 5.60 Å². The zero-order valence-corrected chi connectivity index (χ0v) is 10.3. The van der Waals surface area contributed by atoms with Gasteiger partial charge in [-0.15, -0.1) is 0 Å². The second kappa shape index (κ2) is 6.46. The van der Waals surface area contributed by atoms with Crippen molar-refractivity contribution >= 4 is 0 Å². The van der Waals surface area contributed by atoms with Gasteiger partial charge in [-0.3, -0.25) is 0 Å². The molecule has 0 aromatic rings. The van der Waals surface area contributed by atoms with Crippen LogP contribution >= 0.6 is 0 Å². The molecule has 3 heteroatoms. The van der Waals surface area contributed by atoms with E-state index in [4.69, 9.17) is 9.47 Å². The Hall–Kier alpha value is -0.120. The summed E-state index contributed by atoms with van der Waals surface area (Å²) in [7, 11) is 0. The van der Waals surface area contributed by atoms with Gasteiger partial charge >= 0.3 is 0 Å². The van der Waals surface area contributed by atoms with Crippen LogP contribution in [-0.2, 0) is 9.47 Å². The first-order valence-corrected chi connectivity index (χ1v) is 6.10. The lowest BCUT2D eigenvalue weighted by Crippen LogP contribution is -2.39. The van der Waals surface area contributed by atoms with Crippen molar-refractivity contribution in [3.8, 4) is 0 Å². The smallest absolute Gasteiger partial charge is 0.0809 e. The van der Waals surface area contributed by atoms with Crippen LogP contribution in [0.2, 0.25) is 0 Å². The Kier molecular flexibility index (Phi) is 5.58. The molecule has 0 aromatic carbocycles. The molecule has 1 unspecified atom stereocenters. The van der Waals surface area contributed by atoms with Crippen molar-refractivity contribution in [1.29, 1.82) is 0 Å². The average molecular weight is 215 g/mol. The molecule has 0 bridgehead atoms. The van der Waals surface area contributed by atoms with E-state index < -0.39 is 0 Å². The van der Waals surface area contributed by atoms with E-state index in [2.05, 4.69) is 26.1 Å². The standard InChI is InChI=1S/C12H25NO2/c1-4-7-13-10-12(2,3)15-9-11-6-5-8-14-11/h11,13H,4-10H2,1-3H3.